The summed E-state index contributed by atoms with van der Waals surface area (Å²) in [5.41, 5.74) is 1.04. The second kappa shape index (κ2) is 7.01. The number of rotatable bonds is 3. The van der Waals surface area contributed by atoms with Crippen molar-refractivity contribution in [1.29, 1.82) is 0 Å². The lowest BCUT2D eigenvalue weighted by molar-refractivity contribution is 0.587. The third-order valence-electron chi connectivity index (χ3n) is 3.56. The van der Waals surface area contributed by atoms with Crippen LogP contribution in [0.5, 0.6) is 0 Å². The molecule has 0 saturated carbocycles. The number of hydrogen-bond acceptors (Lipinski definition) is 7. The summed E-state index contributed by atoms with van der Waals surface area (Å²) < 4.78 is 30.7. The highest BCUT2D eigenvalue weighted by Gasteiger charge is 2.28. The molecular formula is C16H13NO2S6. The molecule has 0 fully saturated rings. The van der Waals surface area contributed by atoms with Crippen molar-refractivity contribution < 1.29 is 8.42 Å². The fourth-order valence-electron chi connectivity index (χ4n) is 2.24. The maximum absolute atomic E-state index is 12.8. The van der Waals surface area contributed by atoms with Crippen LogP contribution in [0.25, 0.3) is 0 Å². The van der Waals surface area contributed by atoms with Gasteiger partial charge >= 0.3 is 0 Å². The average molecular weight is 444 g/mol. The molecule has 2 aromatic rings. The van der Waals surface area contributed by atoms with Gasteiger partial charge in [0.2, 0.25) is 0 Å². The van der Waals surface area contributed by atoms with Gasteiger partial charge in [-0.1, -0.05) is 64.7 Å². The summed E-state index contributed by atoms with van der Waals surface area (Å²) in [5.74, 6) is 0. The second-order valence-electron chi connectivity index (χ2n) is 5.27. The molecule has 0 atom stereocenters. The third kappa shape index (κ3) is 3.46. The highest BCUT2D eigenvalue weighted by Crippen LogP contribution is 2.60. The molecule has 3 heterocycles. The van der Waals surface area contributed by atoms with E-state index in [2.05, 4.69) is 11.7 Å². The van der Waals surface area contributed by atoms with Crippen molar-refractivity contribution in [2.24, 2.45) is 0 Å². The lowest BCUT2D eigenvalue weighted by Gasteiger charge is -2.07. The van der Waals surface area contributed by atoms with Crippen molar-refractivity contribution >= 4 is 68.8 Å². The molecule has 0 unspecified atom stereocenters. The monoisotopic (exact) mass is 443 g/mol. The van der Waals surface area contributed by atoms with Gasteiger partial charge in [-0.3, -0.25) is 0 Å². The van der Waals surface area contributed by atoms with Gasteiger partial charge in [-0.05, 0) is 30.7 Å². The smallest absolute Gasteiger partial charge is 0.247 e. The van der Waals surface area contributed by atoms with Gasteiger partial charge in [-0.15, -0.1) is 11.8 Å². The first-order valence-electron chi connectivity index (χ1n) is 7.20. The zero-order valence-electron chi connectivity index (χ0n) is 13.3. The first-order chi connectivity index (χ1) is 12.0. The zero-order valence-corrected chi connectivity index (χ0v) is 18.2. The topological polar surface area (TPSA) is 39.1 Å². The van der Waals surface area contributed by atoms with Crippen LogP contribution in [0.4, 0.5) is 0 Å². The predicted molar refractivity (Wildman–Crippen MR) is 114 cm³/mol. The Balaban J connectivity index is 1.59. The molecule has 0 bridgehead atoms. The second-order valence-corrected chi connectivity index (χ2v) is 12.8. The molecule has 25 heavy (non-hydrogen) atoms. The normalized spacial score (nSPS) is 17.1. The number of benzene rings is 1. The Morgan fingerprint density at radius 2 is 1.60 bits per heavy atom. The molecule has 0 amide bonds. The van der Waals surface area contributed by atoms with E-state index in [0.29, 0.717) is 4.90 Å². The average Bonchev–Trinajstić information content (AvgIpc) is 3.29. The summed E-state index contributed by atoms with van der Waals surface area (Å²) in [6.07, 6.45) is 5.53. The summed E-state index contributed by atoms with van der Waals surface area (Å²) in [4.78, 5) is 2.32. The highest BCUT2D eigenvalue weighted by atomic mass is 32.2. The van der Waals surface area contributed by atoms with Crippen molar-refractivity contribution in [3.05, 3.63) is 60.3 Å². The molecule has 4 rings (SSSR count). The van der Waals surface area contributed by atoms with E-state index in [1.54, 1.807) is 83.3 Å². The standard InChI is InChI=1S/C16H13NO2S6/c1-10-3-5-11(6-4-10)25(18,19)17-7-12-13(8-17)23-16(22-12)15-21-9-14(20-2)24-15/h3-9H,1-2H3. The summed E-state index contributed by atoms with van der Waals surface area (Å²) >= 11 is 8.60. The maximum atomic E-state index is 12.8. The fraction of sp³-hybridized carbons (Fsp3) is 0.125. The molecule has 3 nitrogen and oxygen atoms in total. The molecular weight excluding hydrogens is 431 g/mol. The van der Waals surface area contributed by atoms with Gasteiger partial charge in [-0.2, -0.15) is 0 Å². The van der Waals surface area contributed by atoms with Crippen molar-refractivity contribution in [2.75, 3.05) is 6.26 Å². The van der Waals surface area contributed by atoms with Crippen LogP contribution in [0.2, 0.25) is 0 Å². The molecule has 0 radical (unpaired) electrons. The summed E-state index contributed by atoms with van der Waals surface area (Å²) in [6, 6.07) is 6.96. The van der Waals surface area contributed by atoms with Crippen molar-refractivity contribution in [3.8, 4) is 0 Å². The number of hydrogen-bond donors (Lipinski definition) is 0. The highest BCUT2D eigenvalue weighted by molar-refractivity contribution is 8.37. The number of thioether (sulfide) groups is 5. The summed E-state index contributed by atoms with van der Waals surface area (Å²) in [6.45, 7) is 1.94. The van der Waals surface area contributed by atoms with Crippen molar-refractivity contribution in [1.82, 2.24) is 3.97 Å². The Hall–Kier alpha value is -0.320. The summed E-state index contributed by atoms with van der Waals surface area (Å²) in [7, 11) is -3.53. The molecule has 2 aliphatic rings. The number of aryl methyl sites for hydroxylation is 1. The van der Waals surface area contributed by atoms with Crippen molar-refractivity contribution in [2.45, 2.75) is 21.6 Å². The van der Waals surface area contributed by atoms with E-state index in [1.807, 2.05) is 19.1 Å². The van der Waals surface area contributed by atoms with E-state index < -0.39 is 10.0 Å². The Labute approximate surface area is 168 Å². The van der Waals surface area contributed by atoms with Crippen molar-refractivity contribution in [3.63, 3.8) is 0 Å². The molecule has 2 aliphatic heterocycles. The lowest BCUT2D eigenvalue weighted by atomic mass is 10.2. The molecule has 0 spiro atoms. The van der Waals surface area contributed by atoms with E-state index in [-0.39, 0.29) is 0 Å². The van der Waals surface area contributed by atoms with E-state index in [4.69, 9.17) is 0 Å². The van der Waals surface area contributed by atoms with Gasteiger partial charge in [0, 0.05) is 22.2 Å². The summed E-state index contributed by atoms with van der Waals surface area (Å²) in [5, 5.41) is 2.17. The minimum absolute atomic E-state index is 0.316. The largest absolute Gasteiger partial charge is 0.267 e. The van der Waals surface area contributed by atoms with Gasteiger partial charge in [0.25, 0.3) is 10.0 Å². The Kier molecular flexibility index (Phi) is 5.07. The van der Waals surface area contributed by atoms with E-state index >= 15 is 0 Å². The van der Waals surface area contributed by atoms with Gasteiger partial charge < -0.3 is 0 Å². The quantitative estimate of drug-likeness (QED) is 0.576. The molecule has 9 heteroatoms. The number of aromatic nitrogens is 1. The number of fused-ring (bicyclic) bond motifs is 1. The van der Waals surface area contributed by atoms with Crippen LogP contribution in [0.3, 0.4) is 0 Å². The van der Waals surface area contributed by atoms with Gasteiger partial charge in [0.15, 0.2) is 0 Å². The SMILES string of the molecule is CSC1=CSC(=C2Sc3cn(S(=O)(=O)c4ccc(C)cc4)cc3S2)S1. The van der Waals surface area contributed by atoms with E-state index in [1.165, 1.54) is 16.7 Å². The fourth-order valence-corrected chi connectivity index (χ4v) is 9.57. The van der Waals surface area contributed by atoms with Crippen LogP contribution in [-0.2, 0) is 10.0 Å². The van der Waals surface area contributed by atoms with Gasteiger partial charge in [0.05, 0.1) is 17.6 Å². The van der Waals surface area contributed by atoms with E-state index in [9.17, 15) is 8.42 Å². The Bertz CT molecular complexity index is 976. The van der Waals surface area contributed by atoms with Crippen LogP contribution >= 0.6 is 58.8 Å². The van der Waals surface area contributed by atoms with Gasteiger partial charge in [0.1, 0.15) is 0 Å². The zero-order chi connectivity index (χ0) is 17.6. The first-order valence-corrected chi connectivity index (χ1v) is 13.2. The maximum Gasteiger partial charge on any atom is 0.267 e. The lowest BCUT2D eigenvalue weighted by Crippen LogP contribution is -2.10. The molecule has 130 valence electrons. The predicted octanol–water partition coefficient (Wildman–Crippen LogP) is 6.00. The van der Waals surface area contributed by atoms with Gasteiger partial charge in [-0.25, -0.2) is 12.4 Å². The van der Waals surface area contributed by atoms with E-state index in [0.717, 1.165) is 15.4 Å². The van der Waals surface area contributed by atoms with Crippen LogP contribution in [0.1, 0.15) is 5.56 Å². The Morgan fingerprint density at radius 1 is 0.960 bits per heavy atom. The number of nitrogens with zero attached hydrogens (tertiary/aromatic N) is 1. The minimum atomic E-state index is -3.53. The molecule has 0 saturated heterocycles. The molecule has 0 aliphatic carbocycles. The molecule has 1 aromatic heterocycles. The third-order valence-corrected chi connectivity index (χ3v) is 11.8. The van der Waals surface area contributed by atoms with Crippen LogP contribution in [0, 0.1) is 6.92 Å². The van der Waals surface area contributed by atoms with Crippen LogP contribution in [-0.4, -0.2) is 18.6 Å². The van der Waals surface area contributed by atoms with Crippen LogP contribution in [0.15, 0.2) is 69.5 Å². The minimum Gasteiger partial charge on any atom is -0.247 e. The molecule has 0 N–H and O–H groups in total. The Morgan fingerprint density at radius 3 is 2.16 bits per heavy atom. The van der Waals surface area contributed by atoms with Crippen LogP contribution < -0.4 is 0 Å². The molecule has 1 aromatic carbocycles. The first kappa shape index (κ1) is 18.1.